The lowest BCUT2D eigenvalue weighted by atomic mass is 9.80. The van der Waals surface area contributed by atoms with Gasteiger partial charge in [0.2, 0.25) is 0 Å². The molecule has 1 saturated heterocycles. The Balaban J connectivity index is 1.98. The molecule has 1 aliphatic heterocycles. The number of benzene rings is 1. The number of hydrogen-bond acceptors (Lipinski definition) is 5. The predicted octanol–water partition coefficient (Wildman–Crippen LogP) is 2.89. The molecular formula is C17H19BFNO4. The standard InChI is InChI=1S/C17H19BFNO4/c1-3-23-17-5-14(15(19)6-16(17)22-2)12-4-11(8-20-9-12)13-7-18(21)24-10-13/h4-6,8-9,13,21H,3,7,10H2,1-2H3/t13-/m1/s1. The van der Waals surface area contributed by atoms with Crippen LogP contribution >= 0.6 is 0 Å². The molecule has 0 radical (unpaired) electrons. The summed E-state index contributed by atoms with van der Waals surface area (Å²) in [5.74, 6) is 0.494. The summed E-state index contributed by atoms with van der Waals surface area (Å²) in [7, 11) is 0.728. The molecule has 1 aromatic heterocycles. The molecule has 0 aliphatic carbocycles. The number of rotatable bonds is 5. The van der Waals surface area contributed by atoms with Gasteiger partial charge < -0.3 is 19.2 Å². The highest BCUT2D eigenvalue weighted by atomic mass is 19.1. The zero-order valence-electron chi connectivity index (χ0n) is 13.7. The summed E-state index contributed by atoms with van der Waals surface area (Å²) in [5, 5.41) is 9.51. The number of nitrogens with zero attached hydrogens (tertiary/aromatic N) is 1. The van der Waals surface area contributed by atoms with E-state index in [4.69, 9.17) is 14.1 Å². The molecular weight excluding hydrogens is 312 g/mol. The maximum absolute atomic E-state index is 14.5. The molecule has 24 heavy (non-hydrogen) atoms. The Morgan fingerprint density at radius 2 is 2.17 bits per heavy atom. The normalized spacial score (nSPS) is 17.2. The number of pyridine rings is 1. The largest absolute Gasteiger partial charge is 0.493 e. The second-order valence-electron chi connectivity index (χ2n) is 5.64. The molecule has 0 saturated carbocycles. The maximum atomic E-state index is 14.5. The molecule has 2 aromatic rings. The van der Waals surface area contributed by atoms with E-state index in [0.717, 1.165) is 5.56 Å². The van der Waals surface area contributed by atoms with Gasteiger partial charge in [0.25, 0.3) is 0 Å². The van der Waals surface area contributed by atoms with Crippen molar-refractivity contribution in [1.82, 2.24) is 4.98 Å². The zero-order valence-corrected chi connectivity index (χ0v) is 13.7. The van der Waals surface area contributed by atoms with Crippen molar-refractivity contribution in [2.24, 2.45) is 0 Å². The minimum Gasteiger partial charge on any atom is -0.493 e. The fourth-order valence-electron chi connectivity index (χ4n) is 2.85. The highest BCUT2D eigenvalue weighted by Gasteiger charge is 2.30. The highest BCUT2D eigenvalue weighted by Crippen LogP contribution is 2.36. The molecule has 7 heteroatoms. The summed E-state index contributed by atoms with van der Waals surface area (Å²) in [4.78, 5) is 4.21. The van der Waals surface area contributed by atoms with Gasteiger partial charge in [0, 0.05) is 42.1 Å². The van der Waals surface area contributed by atoms with Gasteiger partial charge in [0.15, 0.2) is 11.5 Å². The van der Waals surface area contributed by atoms with Gasteiger partial charge in [-0.05, 0) is 30.9 Å². The second kappa shape index (κ2) is 7.19. The Hall–Kier alpha value is -2.12. The van der Waals surface area contributed by atoms with Crippen molar-refractivity contribution in [3.05, 3.63) is 42.0 Å². The molecule has 1 aromatic carbocycles. The molecule has 2 heterocycles. The molecule has 1 atom stereocenters. The van der Waals surface area contributed by atoms with Crippen molar-refractivity contribution in [3.63, 3.8) is 0 Å². The number of ether oxygens (including phenoxy) is 2. The van der Waals surface area contributed by atoms with E-state index in [1.54, 1.807) is 18.5 Å². The molecule has 3 rings (SSSR count). The predicted molar refractivity (Wildman–Crippen MR) is 88.8 cm³/mol. The molecule has 0 amide bonds. The lowest BCUT2D eigenvalue weighted by Gasteiger charge is -2.14. The SMILES string of the molecule is CCOc1cc(-c2cncc([C@H]3COB(O)C3)c2)c(F)cc1OC. The average Bonchev–Trinajstić information content (AvgIpc) is 3.03. The Morgan fingerprint density at radius 1 is 1.33 bits per heavy atom. The third-order valence-corrected chi connectivity index (χ3v) is 4.07. The number of aromatic nitrogens is 1. The quantitative estimate of drug-likeness (QED) is 0.854. The summed E-state index contributed by atoms with van der Waals surface area (Å²) in [6.45, 7) is 2.74. The van der Waals surface area contributed by atoms with Crippen molar-refractivity contribution in [2.45, 2.75) is 19.2 Å². The number of halogens is 1. The van der Waals surface area contributed by atoms with E-state index in [1.165, 1.54) is 13.2 Å². The second-order valence-corrected chi connectivity index (χ2v) is 5.64. The van der Waals surface area contributed by atoms with Gasteiger partial charge in [-0.25, -0.2) is 4.39 Å². The van der Waals surface area contributed by atoms with Crippen LogP contribution in [0.15, 0.2) is 30.6 Å². The van der Waals surface area contributed by atoms with Gasteiger partial charge in [-0.2, -0.15) is 0 Å². The van der Waals surface area contributed by atoms with Crippen LogP contribution in [0.1, 0.15) is 18.4 Å². The summed E-state index contributed by atoms with van der Waals surface area (Å²) in [5.41, 5.74) is 1.96. The van der Waals surface area contributed by atoms with Crippen molar-refractivity contribution < 1.29 is 23.5 Å². The molecule has 1 N–H and O–H groups in total. The minimum absolute atomic E-state index is 0.0557. The van der Waals surface area contributed by atoms with Crippen LogP contribution in [0.4, 0.5) is 4.39 Å². The van der Waals surface area contributed by atoms with Crippen LogP contribution in [0.3, 0.4) is 0 Å². The first-order valence-corrected chi connectivity index (χ1v) is 7.87. The lowest BCUT2D eigenvalue weighted by molar-refractivity contribution is 0.292. The van der Waals surface area contributed by atoms with Crippen LogP contribution in [0.2, 0.25) is 6.32 Å². The van der Waals surface area contributed by atoms with E-state index < -0.39 is 12.9 Å². The Labute approximate surface area is 140 Å². The van der Waals surface area contributed by atoms with Crippen molar-refractivity contribution >= 4 is 7.12 Å². The van der Waals surface area contributed by atoms with Gasteiger partial charge in [-0.3, -0.25) is 4.98 Å². The zero-order chi connectivity index (χ0) is 17.1. The Kier molecular flexibility index (Phi) is 5.01. The number of methoxy groups -OCH3 is 1. The van der Waals surface area contributed by atoms with E-state index in [9.17, 15) is 9.41 Å². The molecule has 5 nitrogen and oxygen atoms in total. The van der Waals surface area contributed by atoms with Gasteiger partial charge in [0.1, 0.15) is 5.82 Å². The third kappa shape index (κ3) is 3.37. The molecule has 0 unspecified atom stereocenters. The Bertz CT molecular complexity index is 728. The van der Waals surface area contributed by atoms with Gasteiger partial charge in [-0.1, -0.05) is 0 Å². The van der Waals surface area contributed by atoms with Crippen LogP contribution in [-0.2, 0) is 4.65 Å². The van der Waals surface area contributed by atoms with E-state index in [2.05, 4.69) is 4.98 Å². The molecule has 126 valence electrons. The molecule has 1 aliphatic rings. The fourth-order valence-corrected chi connectivity index (χ4v) is 2.85. The van der Waals surface area contributed by atoms with Gasteiger partial charge in [0.05, 0.1) is 13.7 Å². The summed E-state index contributed by atoms with van der Waals surface area (Å²) in [6, 6.07) is 4.81. The van der Waals surface area contributed by atoms with E-state index in [-0.39, 0.29) is 5.92 Å². The maximum Gasteiger partial charge on any atom is 0.454 e. The molecule has 0 spiro atoms. The third-order valence-electron chi connectivity index (χ3n) is 4.07. The monoisotopic (exact) mass is 331 g/mol. The van der Waals surface area contributed by atoms with Crippen molar-refractivity contribution in [2.75, 3.05) is 20.3 Å². The van der Waals surface area contributed by atoms with Gasteiger partial charge in [-0.15, -0.1) is 0 Å². The van der Waals surface area contributed by atoms with E-state index >= 15 is 0 Å². The first kappa shape index (κ1) is 16.7. The van der Waals surface area contributed by atoms with Crippen molar-refractivity contribution in [3.8, 4) is 22.6 Å². The topological polar surface area (TPSA) is 60.8 Å². The van der Waals surface area contributed by atoms with Crippen LogP contribution in [0.5, 0.6) is 11.5 Å². The summed E-state index contributed by atoms with van der Waals surface area (Å²) >= 11 is 0. The molecule has 1 fully saturated rings. The van der Waals surface area contributed by atoms with Crippen LogP contribution in [0, 0.1) is 5.82 Å². The van der Waals surface area contributed by atoms with E-state index in [0.29, 0.717) is 42.2 Å². The summed E-state index contributed by atoms with van der Waals surface area (Å²) < 4.78 is 30.4. The van der Waals surface area contributed by atoms with Gasteiger partial charge >= 0.3 is 7.12 Å². The lowest BCUT2D eigenvalue weighted by Crippen LogP contribution is -2.07. The highest BCUT2D eigenvalue weighted by molar-refractivity contribution is 6.43. The first-order valence-electron chi connectivity index (χ1n) is 7.87. The van der Waals surface area contributed by atoms with Crippen molar-refractivity contribution in [1.29, 1.82) is 0 Å². The van der Waals surface area contributed by atoms with Crippen LogP contribution < -0.4 is 9.47 Å². The minimum atomic E-state index is -0.749. The first-order chi connectivity index (χ1) is 11.6. The fraction of sp³-hybridized carbons (Fsp3) is 0.353. The van der Waals surface area contributed by atoms with E-state index in [1.807, 2.05) is 13.0 Å². The smallest absolute Gasteiger partial charge is 0.454 e. The van der Waals surface area contributed by atoms with Crippen LogP contribution in [-0.4, -0.2) is 37.4 Å². The van der Waals surface area contributed by atoms with Crippen LogP contribution in [0.25, 0.3) is 11.1 Å². The summed E-state index contributed by atoms with van der Waals surface area (Å²) in [6.07, 6.45) is 3.84. The average molecular weight is 331 g/mol. The number of hydrogen-bond donors (Lipinski definition) is 1. The Morgan fingerprint density at radius 3 is 2.83 bits per heavy atom. The molecule has 0 bridgehead atoms.